The van der Waals surface area contributed by atoms with Crippen molar-refractivity contribution in [3.05, 3.63) is 0 Å². The highest BCUT2D eigenvalue weighted by Gasteiger charge is 2.25. The maximum absolute atomic E-state index is 12.0. The molecule has 0 aliphatic rings. The number of carbonyl (C=O) groups excluding carboxylic acids is 3. The summed E-state index contributed by atoms with van der Waals surface area (Å²) in [5, 5.41) is 8.84. The molecule has 0 aliphatic carbocycles. The molecule has 0 fully saturated rings. The fraction of sp³-hybridized carbons (Fsp3) is 0.800. The Morgan fingerprint density at radius 3 is 1.58 bits per heavy atom. The Morgan fingerprint density at radius 1 is 0.769 bits per heavy atom. The van der Waals surface area contributed by atoms with Crippen LogP contribution in [-0.4, -0.2) is 35.2 Å². The number of ether oxygens (including phenoxy) is 1. The molecule has 0 heterocycles. The molecule has 150 valence electrons. The van der Waals surface area contributed by atoms with E-state index in [1.165, 1.54) is 0 Å². The van der Waals surface area contributed by atoms with E-state index in [1.807, 2.05) is 27.7 Å². The number of aliphatic carboxylic acids is 1. The molecule has 0 atom stereocenters. The molecule has 1 N–H and O–H groups in total. The topological polar surface area (TPSA) is 97.7 Å². The van der Waals surface area contributed by atoms with Crippen molar-refractivity contribution in [1.82, 2.24) is 0 Å². The van der Waals surface area contributed by atoms with Crippen molar-refractivity contribution in [2.45, 2.75) is 86.0 Å². The second kappa shape index (κ2) is 11.1. The Balaban J connectivity index is 4.12. The Hall–Kier alpha value is -1.72. The average molecular weight is 370 g/mol. The molecule has 0 aliphatic heterocycles. The molecular formula is C20H34O6. The van der Waals surface area contributed by atoms with Gasteiger partial charge < -0.3 is 9.84 Å². The summed E-state index contributed by atoms with van der Waals surface area (Å²) in [5.41, 5.74) is -0.741. The van der Waals surface area contributed by atoms with Gasteiger partial charge in [-0.05, 0) is 30.6 Å². The van der Waals surface area contributed by atoms with Crippen LogP contribution in [0.4, 0.5) is 0 Å². The van der Waals surface area contributed by atoms with Crippen molar-refractivity contribution in [2.75, 3.05) is 6.61 Å². The summed E-state index contributed by atoms with van der Waals surface area (Å²) < 4.78 is 4.94. The van der Waals surface area contributed by atoms with Gasteiger partial charge in [-0.1, -0.05) is 27.7 Å². The van der Waals surface area contributed by atoms with Gasteiger partial charge >= 0.3 is 11.9 Å². The number of hydrogen-bond acceptors (Lipinski definition) is 5. The number of Topliss-reactive ketones (excluding diaryl/α,β-unsaturated/α-hetero) is 2. The minimum atomic E-state index is -0.872. The molecule has 0 rings (SSSR count). The van der Waals surface area contributed by atoms with Crippen molar-refractivity contribution in [2.24, 2.45) is 10.8 Å². The lowest BCUT2D eigenvalue weighted by Crippen LogP contribution is -2.20. The highest BCUT2D eigenvalue weighted by atomic mass is 16.5. The second-order valence-electron chi connectivity index (χ2n) is 8.46. The van der Waals surface area contributed by atoms with Crippen molar-refractivity contribution in [1.29, 1.82) is 0 Å². The number of rotatable bonds is 14. The summed E-state index contributed by atoms with van der Waals surface area (Å²) in [6, 6.07) is 0. The van der Waals surface area contributed by atoms with Crippen LogP contribution in [0.15, 0.2) is 0 Å². The molecule has 0 radical (unpaired) electrons. The number of esters is 1. The Kier molecular flexibility index (Phi) is 10.4. The van der Waals surface area contributed by atoms with Gasteiger partial charge in [0.15, 0.2) is 0 Å². The van der Waals surface area contributed by atoms with E-state index in [0.717, 1.165) is 0 Å². The molecule has 0 aromatic carbocycles. The van der Waals surface area contributed by atoms with Gasteiger partial charge in [-0.15, -0.1) is 0 Å². The quantitative estimate of drug-likeness (QED) is 0.465. The molecule has 26 heavy (non-hydrogen) atoms. The van der Waals surface area contributed by atoms with Gasteiger partial charge in [0.05, 0.1) is 19.4 Å². The summed E-state index contributed by atoms with van der Waals surface area (Å²) in [5.74, 6) is -1.13. The van der Waals surface area contributed by atoms with Crippen LogP contribution < -0.4 is 0 Å². The molecule has 0 saturated carbocycles. The highest BCUT2D eigenvalue weighted by molar-refractivity contribution is 5.86. The first-order valence-corrected chi connectivity index (χ1v) is 9.28. The highest BCUT2D eigenvalue weighted by Crippen LogP contribution is 2.28. The first-order chi connectivity index (χ1) is 11.9. The Bertz CT molecular complexity index is 504. The van der Waals surface area contributed by atoms with Crippen LogP contribution in [0.25, 0.3) is 0 Å². The van der Waals surface area contributed by atoms with Gasteiger partial charge in [0.25, 0.3) is 0 Å². The van der Waals surface area contributed by atoms with E-state index in [1.54, 1.807) is 6.92 Å². The molecule has 0 spiro atoms. The monoisotopic (exact) mass is 370 g/mol. The van der Waals surface area contributed by atoms with E-state index in [9.17, 15) is 19.2 Å². The van der Waals surface area contributed by atoms with Crippen LogP contribution in [0.1, 0.15) is 86.0 Å². The van der Waals surface area contributed by atoms with Crippen LogP contribution in [0.3, 0.4) is 0 Å². The number of carboxylic acids is 1. The predicted octanol–water partition coefficient (Wildman–Crippen LogP) is 3.95. The van der Waals surface area contributed by atoms with E-state index >= 15 is 0 Å². The van der Waals surface area contributed by atoms with Crippen molar-refractivity contribution in [3.8, 4) is 0 Å². The van der Waals surface area contributed by atoms with Gasteiger partial charge in [-0.2, -0.15) is 0 Å². The van der Waals surface area contributed by atoms with E-state index in [-0.39, 0.29) is 48.6 Å². The SMILES string of the molecule is CCOC(=O)CC(C)(C)CCC(=O)CCC(=O)CCC(C)(C)CC(=O)O. The van der Waals surface area contributed by atoms with Gasteiger partial charge in [-0.25, -0.2) is 0 Å². The first kappa shape index (κ1) is 24.3. The lowest BCUT2D eigenvalue weighted by atomic mass is 9.82. The second-order valence-corrected chi connectivity index (χ2v) is 8.46. The van der Waals surface area contributed by atoms with E-state index < -0.39 is 11.4 Å². The fourth-order valence-corrected chi connectivity index (χ4v) is 2.67. The van der Waals surface area contributed by atoms with Crippen LogP contribution in [0.5, 0.6) is 0 Å². The summed E-state index contributed by atoms with van der Waals surface area (Å²) in [7, 11) is 0. The van der Waals surface area contributed by atoms with E-state index in [0.29, 0.717) is 32.3 Å². The minimum absolute atomic E-state index is 0.0115. The summed E-state index contributed by atoms with van der Waals surface area (Å²) in [6.45, 7) is 9.60. The Labute approximate surface area is 156 Å². The van der Waals surface area contributed by atoms with E-state index in [2.05, 4.69) is 0 Å². The smallest absolute Gasteiger partial charge is 0.306 e. The van der Waals surface area contributed by atoms with Gasteiger partial charge in [0.2, 0.25) is 0 Å². The average Bonchev–Trinajstić information content (AvgIpc) is 2.47. The van der Waals surface area contributed by atoms with Crippen LogP contribution in [0.2, 0.25) is 0 Å². The molecule has 6 nitrogen and oxygen atoms in total. The third-order valence-corrected chi connectivity index (χ3v) is 4.40. The standard InChI is InChI=1S/C20H34O6/c1-6-26-18(25)14-20(4,5)12-10-16(22)8-7-15(21)9-11-19(2,3)13-17(23)24/h6-14H2,1-5H3,(H,23,24). The van der Waals surface area contributed by atoms with Gasteiger partial charge in [0, 0.05) is 25.7 Å². The first-order valence-electron chi connectivity index (χ1n) is 9.28. The summed E-state index contributed by atoms with van der Waals surface area (Å²) >= 11 is 0. The lowest BCUT2D eigenvalue weighted by Gasteiger charge is -2.23. The zero-order chi connectivity index (χ0) is 20.4. The number of carboxylic acid groups (broad SMARTS) is 1. The lowest BCUT2D eigenvalue weighted by molar-refractivity contribution is -0.145. The fourth-order valence-electron chi connectivity index (χ4n) is 2.67. The number of hydrogen-bond donors (Lipinski definition) is 1. The normalized spacial score (nSPS) is 11.9. The van der Waals surface area contributed by atoms with Crippen LogP contribution >= 0.6 is 0 Å². The van der Waals surface area contributed by atoms with E-state index in [4.69, 9.17) is 9.84 Å². The molecule has 0 amide bonds. The minimum Gasteiger partial charge on any atom is -0.481 e. The third-order valence-electron chi connectivity index (χ3n) is 4.40. The molecule has 0 bridgehead atoms. The maximum Gasteiger partial charge on any atom is 0.306 e. The Morgan fingerprint density at radius 2 is 1.19 bits per heavy atom. The van der Waals surface area contributed by atoms with Crippen LogP contribution in [0, 0.1) is 10.8 Å². The zero-order valence-electron chi connectivity index (χ0n) is 16.9. The molecular weight excluding hydrogens is 336 g/mol. The van der Waals surface area contributed by atoms with Gasteiger partial charge in [0.1, 0.15) is 11.6 Å². The summed E-state index contributed by atoms with van der Waals surface area (Å²) in [4.78, 5) is 46.3. The third kappa shape index (κ3) is 12.6. The number of ketones is 2. The molecule has 0 saturated heterocycles. The number of carbonyl (C=O) groups is 4. The zero-order valence-corrected chi connectivity index (χ0v) is 16.9. The van der Waals surface area contributed by atoms with Gasteiger partial charge in [-0.3, -0.25) is 19.2 Å². The molecule has 0 aromatic rings. The summed E-state index contributed by atoms with van der Waals surface area (Å²) in [6.07, 6.45) is 2.39. The largest absolute Gasteiger partial charge is 0.481 e. The van der Waals surface area contributed by atoms with Crippen molar-refractivity contribution in [3.63, 3.8) is 0 Å². The molecule has 0 unspecified atom stereocenters. The molecule has 6 heteroatoms. The molecule has 0 aromatic heterocycles. The van der Waals surface area contributed by atoms with Crippen LogP contribution in [-0.2, 0) is 23.9 Å². The van der Waals surface area contributed by atoms with Crippen molar-refractivity contribution >= 4 is 23.5 Å². The maximum atomic E-state index is 12.0. The van der Waals surface area contributed by atoms with Crippen molar-refractivity contribution < 1.29 is 29.0 Å². The predicted molar refractivity (Wildman–Crippen MR) is 98.8 cm³/mol.